The van der Waals surface area contributed by atoms with Gasteiger partial charge in [0, 0.05) is 5.56 Å². The lowest BCUT2D eigenvalue weighted by Crippen LogP contribution is -2.34. The molecule has 0 aromatic heterocycles. The van der Waals surface area contributed by atoms with Crippen molar-refractivity contribution in [3.63, 3.8) is 0 Å². The lowest BCUT2D eigenvalue weighted by Gasteiger charge is -2.13. The quantitative estimate of drug-likeness (QED) is 0.555. The zero-order chi connectivity index (χ0) is 20.2. The Bertz CT molecular complexity index is 878. The summed E-state index contributed by atoms with van der Waals surface area (Å²) in [7, 11) is 0. The highest BCUT2D eigenvalue weighted by Crippen LogP contribution is 2.33. The Morgan fingerprint density at radius 3 is 2.52 bits per heavy atom. The Hall–Kier alpha value is -1.84. The molecule has 0 atom stereocenters. The van der Waals surface area contributed by atoms with Gasteiger partial charge >= 0.3 is 6.18 Å². The number of benzene rings is 2. The molecule has 0 heterocycles. The van der Waals surface area contributed by atoms with Gasteiger partial charge in [-0.1, -0.05) is 11.6 Å². The van der Waals surface area contributed by atoms with E-state index in [-0.39, 0.29) is 15.8 Å². The van der Waals surface area contributed by atoms with Crippen LogP contribution in [-0.4, -0.2) is 17.6 Å². The summed E-state index contributed by atoms with van der Waals surface area (Å²) < 4.78 is 43.9. The van der Waals surface area contributed by atoms with E-state index in [9.17, 15) is 18.0 Å². The second-order valence-corrected chi connectivity index (χ2v) is 6.85. The van der Waals surface area contributed by atoms with Crippen molar-refractivity contribution in [1.29, 1.82) is 0 Å². The molecule has 0 saturated carbocycles. The Balaban J connectivity index is 2.05. The minimum atomic E-state index is -4.50. The fourth-order valence-corrected chi connectivity index (χ4v) is 2.96. The summed E-state index contributed by atoms with van der Waals surface area (Å²) in [5.41, 5.74) is -0.428. The zero-order valence-corrected chi connectivity index (χ0v) is 16.9. The van der Waals surface area contributed by atoms with Crippen LogP contribution in [0.3, 0.4) is 0 Å². The van der Waals surface area contributed by atoms with Crippen LogP contribution in [0.15, 0.2) is 40.9 Å². The first-order chi connectivity index (χ1) is 12.6. The number of rotatable bonds is 4. The Labute approximate surface area is 172 Å². The van der Waals surface area contributed by atoms with Crippen molar-refractivity contribution in [2.24, 2.45) is 0 Å². The minimum Gasteiger partial charge on any atom is -0.493 e. The maximum Gasteiger partial charge on any atom is 0.416 e. The molecule has 2 aromatic carbocycles. The molecule has 0 radical (unpaired) electrons. The summed E-state index contributed by atoms with van der Waals surface area (Å²) in [6.45, 7) is 2.32. The standard InChI is InChI=1S/C17H13BrClF3N2O2S/c1-2-26-14-6-3-9(7-11(14)18)15(25)24-16(27)23-13-5-4-10(8-12(13)19)17(20,21)22/h3-8H,2H2,1H3,(H2,23,24,25,27). The first-order valence-electron chi connectivity index (χ1n) is 7.53. The lowest BCUT2D eigenvalue weighted by atomic mass is 10.2. The molecule has 0 unspecified atom stereocenters. The molecule has 144 valence electrons. The van der Waals surface area contributed by atoms with Gasteiger partial charge in [0.25, 0.3) is 5.91 Å². The Morgan fingerprint density at radius 2 is 1.96 bits per heavy atom. The first kappa shape index (κ1) is 21.5. The highest BCUT2D eigenvalue weighted by Gasteiger charge is 2.30. The van der Waals surface area contributed by atoms with Gasteiger partial charge < -0.3 is 10.1 Å². The fraction of sp³-hybridized carbons (Fsp3) is 0.176. The van der Waals surface area contributed by atoms with Crippen molar-refractivity contribution < 1.29 is 22.7 Å². The van der Waals surface area contributed by atoms with E-state index in [1.54, 1.807) is 18.2 Å². The Kier molecular flexibility index (Phi) is 7.07. The molecular formula is C17H13BrClF3N2O2S. The van der Waals surface area contributed by atoms with Crippen LogP contribution in [0.2, 0.25) is 5.02 Å². The zero-order valence-electron chi connectivity index (χ0n) is 13.8. The van der Waals surface area contributed by atoms with Crippen LogP contribution in [0.4, 0.5) is 18.9 Å². The van der Waals surface area contributed by atoms with Crippen molar-refractivity contribution in [3.8, 4) is 5.75 Å². The van der Waals surface area contributed by atoms with Crippen molar-refractivity contribution in [2.45, 2.75) is 13.1 Å². The minimum absolute atomic E-state index is 0.105. The van der Waals surface area contributed by atoms with Gasteiger partial charge in [-0.15, -0.1) is 0 Å². The topological polar surface area (TPSA) is 50.4 Å². The summed E-state index contributed by atoms with van der Waals surface area (Å²) >= 11 is 14.2. The summed E-state index contributed by atoms with van der Waals surface area (Å²) in [5.74, 6) is 0.0885. The third-order valence-corrected chi connectivity index (χ3v) is 4.40. The number of thiocarbonyl (C=S) groups is 1. The van der Waals surface area contributed by atoms with E-state index in [1.807, 2.05) is 6.92 Å². The number of nitrogens with one attached hydrogen (secondary N) is 2. The monoisotopic (exact) mass is 480 g/mol. The van der Waals surface area contributed by atoms with Gasteiger partial charge in [-0.05, 0) is 71.5 Å². The Morgan fingerprint density at radius 1 is 1.26 bits per heavy atom. The van der Waals surface area contributed by atoms with Crippen LogP contribution in [0.25, 0.3) is 0 Å². The van der Waals surface area contributed by atoms with Crippen LogP contribution in [0.5, 0.6) is 5.75 Å². The summed E-state index contributed by atoms with van der Waals surface area (Å²) in [4.78, 5) is 12.3. The van der Waals surface area contributed by atoms with Gasteiger partial charge in [-0.25, -0.2) is 0 Å². The fourth-order valence-electron chi connectivity index (χ4n) is 2.04. The van der Waals surface area contributed by atoms with Gasteiger partial charge in [-0.3, -0.25) is 10.1 Å². The number of anilines is 1. The summed E-state index contributed by atoms with van der Waals surface area (Å²) in [6.07, 6.45) is -4.50. The third kappa shape index (κ3) is 5.82. The van der Waals surface area contributed by atoms with E-state index in [0.29, 0.717) is 22.4 Å². The second kappa shape index (κ2) is 8.90. The molecule has 4 nitrogen and oxygen atoms in total. The van der Waals surface area contributed by atoms with E-state index in [0.717, 1.165) is 18.2 Å². The average Bonchev–Trinajstić information content (AvgIpc) is 2.57. The predicted molar refractivity (Wildman–Crippen MR) is 105 cm³/mol. The van der Waals surface area contributed by atoms with E-state index in [1.165, 1.54) is 0 Å². The van der Waals surface area contributed by atoms with Crippen LogP contribution in [-0.2, 0) is 6.18 Å². The lowest BCUT2D eigenvalue weighted by molar-refractivity contribution is -0.137. The molecule has 2 N–H and O–H groups in total. The number of ether oxygens (including phenoxy) is 1. The van der Waals surface area contributed by atoms with E-state index >= 15 is 0 Å². The van der Waals surface area contributed by atoms with Crippen molar-refractivity contribution in [2.75, 3.05) is 11.9 Å². The van der Waals surface area contributed by atoms with E-state index < -0.39 is 17.6 Å². The number of carbonyl (C=O) groups is 1. The molecule has 27 heavy (non-hydrogen) atoms. The first-order valence-corrected chi connectivity index (χ1v) is 9.11. The van der Waals surface area contributed by atoms with Crippen molar-refractivity contribution in [3.05, 3.63) is 57.0 Å². The maximum atomic E-state index is 12.7. The molecule has 0 aliphatic rings. The van der Waals surface area contributed by atoms with Gasteiger partial charge in [0.15, 0.2) is 5.11 Å². The normalized spacial score (nSPS) is 11.0. The number of hydrogen-bond acceptors (Lipinski definition) is 3. The maximum absolute atomic E-state index is 12.7. The molecule has 0 fully saturated rings. The van der Waals surface area contributed by atoms with Crippen LogP contribution < -0.4 is 15.4 Å². The number of halogens is 5. The van der Waals surface area contributed by atoms with Crippen LogP contribution in [0.1, 0.15) is 22.8 Å². The van der Waals surface area contributed by atoms with Crippen molar-refractivity contribution >= 4 is 56.5 Å². The SMILES string of the molecule is CCOc1ccc(C(=O)NC(=S)Nc2ccc(C(F)(F)F)cc2Cl)cc1Br. The summed E-state index contributed by atoms with van der Waals surface area (Å²) in [5, 5.41) is 4.75. The molecule has 0 aliphatic carbocycles. The third-order valence-electron chi connectivity index (χ3n) is 3.27. The van der Waals surface area contributed by atoms with Gasteiger partial charge in [0.05, 0.1) is 27.4 Å². The highest BCUT2D eigenvalue weighted by molar-refractivity contribution is 9.10. The number of carbonyl (C=O) groups excluding carboxylic acids is 1. The number of amides is 1. The predicted octanol–water partition coefficient (Wildman–Crippen LogP) is 5.65. The molecule has 10 heteroatoms. The van der Waals surface area contributed by atoms with Gasteiger partial charge in [0.2, 0.25) is 0 Å². The molecule has 0 spiro atoms. The van der Waals surface area contributed by atoms with E-state index in [4.69, 9.17) is 28.6 Å². The molecule has 0 aliphatic heterocycles. The van der Waals surface area contributed by atoms with Gasteiger partial charge in [-0.2, -0.15) is 13.2 Å². The molecular weight excluding hydrogens is 469 g/mol. The van der Waals surface area contributed by atoms with E-state index in [2.05, 4.69) is 26.6 Å². The van der Waals surface area contributed by atoms with Crippen LogP contribution >= 0.6 is 39.7 Å². The largest absolute Gasteiger partial charge is 0.493 e. The highest BCUT2D eigenvalue weighted by atomic mass is 79.9. The van der Waals surface area contributed by atoms with Crippen molar-refractivity contribution in [1.82, 2.24) is 5.32 Å². The number of alkyl halides is 3. The number of hydrogen-bond donors (Lipinski definition) is 2. The second-order valence-electron chi connectivity index (χ2n) is 5.18. The summed E-state index contributed by atoms with van der Waals surface area (Å²) in [6, 6.07) is 7.52. The smallest absolute Gasteiger partial charge is 0.416 e. The molecule has 2 rings (SSSR count). The molecule has 1 amide bonds. The average molecular weight is 482 g/mol. The van der Waals surface area contributed by atoms with Gasteiger partial charge in [0.1, 0.15) is 5.75 Å². The molecule has 0 bridgehead atoms. The molecule has 0 saturated heterocycles. The molecule has 2 aromatic rings. The van der Waals surface area contributed by atoms with Crippen LogP contribution in [0, 0.1) is 0 Å².